The number of carboxylic acid groups (broad SMARTS) is 1. The van der Waals surface area contributed by atoms with Crippen molar-refractivity contribution in [3.8, 4) is 11.1 Å². The van der Waals surface area contributed by atoms with Crippen LogP contribution in [0.1, 0.15) is 27.6 Å². The Hall–Kier alpha value is -2.49. The van der Waals surface area contributed by atoms with Crippen LogP contribution in [-0.4, -0.2) is 32.6 Å². The van der Waals surface area contributed by atoms with Gasteiger partial charge in [0.2, 0.25) is 9.84 Å². The van der Waals surface area contributed by atoms with Gasteiger partial charge in [-0.2, -0.15) is 0 Å². The summed E-state index contributed by atoms with van der Waals surface area (Å²) in [6.45, 7) is 0.966. The average Bonchev–Trinajstić information content (AvgIpc) is 2.91. The van der Waals surface area contributed by atoms with Gasteiger partial charge in [0.25, 0.3) is 0 Å². The van der Waals surface area contributed by atoms with Crippen LogP contribution in [0.2, 0.25) is 5.02 Å². The number of hydrogen-bond donors (Lipinski definition) is 2. The molecule has 0 unspecified atom stereocenters. The topological polar surface area (TPSA) is 107 Å². The van der Waals surface area contributed by atoms with Crippen molar-refractivity contribution in [2.75, 3.05) is 13.1 Å². The van der Waals surface area contributed by atoms with E-state index in [9.17, 15) is 23.4 Å². The molecule has 2 N–H and O–H groups in total. The molecule has 0 saturated carbocycles. The summed E-state index contributed by atoms with van der Waals surface area (Å²) < 4.78 is 26.5. The molecule has 0 spiro atoms. The van der Waals surface area contributed by atoms with Gasteiger partial charge >= 0.3 is 29.6 Å². The number of nitrogens with one attached hydrogen (secondary N) is 1. The van der Waals surface area contributed by atoms with Crippen molar-refractivity contribution in [2.45, 2.75) is 22.3 Å². The Morgan fingerprint density at radius 2 is 1.61 bits per heavy atom. The number of rotatable bonds is 10. The third kappa shape index (κ3) is 7.33. The van der Waals surface area contributed by atoms with Crippen LogP contribution in [0.3, 0.4) is 0 Å². The number of aliphatic hydroxyl groups excluding tert-OH is 1. The maximum Gasteiger partial charge on any atom is 1.00 e. The van der Waals surface area contributed by atoms with E-state index in [4.69, 9.17) is 11.6 Å². The average molecular weight is 558 g/mol. The van der Waals surface area contributed by atoms with Gasteiger partial charge in [-0.25, -0.2) is 8.42 Å². The Morgan fingerprint density at radius 3 is 2.32 bits per heavy atom. The first kappa shape index (κ1) is 30.1. The summed E-state index contributed by atoms with van der Waals surface area (Å²) in [4.78, 5) is 11.7. The van der Waals surface area contributed by atoms with Gasteiger partial charge in [0.05, 0.1) is 21.9 Å². The Kier molecular flexibility index (Phi) is 10.7. The molecule has 0 radical (unpaired) electrons. The number of halogens is 1. The first-order chi connectivity index (χ1) is 17.8. The molecule has 0 heterocycles. The molecule has 9 heteroatoms. The molecule has 0 aliphatic heterocycles. The Bertz CT molecular complexity index is 1510. The molecule has 0 aliphatic rings. The minimum Gasteiger partial charge on any atom is -0.545 e. The molecular weight excluding hydrogens is 533 g/mol. The van der Waals surface area contributed by atoms with E-state index in [0.29, 0.717) is 35.7 Å². The van der Waals surface area contributed by atoms with Crippen LogP contribution >= 0.6 is 11.6 Å². The number of hydrogen-bond acceptors (Lipinski definition) is 6. The number of sulfone groups is 1. The molecule has 190 valence electrons. The molecule has 1 atom stereocenters. The molecule has 38 heavy (non-hydrogen) atoms. The Balaban J connectivity index is 0.00000400. The largest absolute Gasteiger partial charge is 1.00 e. The second-order valence-electron chi connectivity index (χ2n) is 8.53. The van der Waals surface area contributed by atoms with E-state index in [0.717, 1.165) is 11.1 Å². The number of aromatic carboxylic acids is 1. The summed E-state index contributed by atoms with van der Waals surface area (Å²) in [5.41, 5.74) is 2.54. The molecular formula is C29H25ClNNaO5S. The molecule has 0 amide bonds. The summed E-state index contributed by atoms with van der Waals surface area (Å²) >= 11 is 5.97. The number of carbonyl (C=O) groups is 1. The number of benzene rings is 4. The van der Waals surface area contributed by atoms with Gasteiger partial charge in [-0.3, -0.25) is 0 Å². The van der Waals surface area contributed by atoms with Crippen molar-refractivity contribution in [3.05, 3.63) is 119 Å². The minimum atomic E-state index is -3.81. The van der Waals surface area contributed by atoms with Crippen molar-refractivity contribution in [2.24, 2.45) is 0 Å². The van der Waals surface area contributed by atoms with Crippen molar-refractivity contribution in [1.29, 1.82) is 0 Å². The van der Waals surface area contributed by atoms with Crippen LogP contribution < -0.4 is 40.0 Å². The third-order valence-electron chi connectivity index (χ3n) is 6.00. The van der Waals surface area contributed by atoms with Crippen molar-refractivity contribution in [3.63, 3.8) is 0 Å². The summed E-state index contributed by atoms with van der Waals surface area (Å²) in [7, 11) is -3.81. The monoisotopic (exact) mass is 557 g/mol. The fourth-order valence-electron chi connectivity index (χ4n) is 4.02. The molecule has 6 nitrogen and oxygen atoms in total. The van der Waals surface area contributed by atoms with Crippen LogP contribution in [0.4, 0.5) is 0 Å². The maximum absolute atomic E-state index is 13.3. The van der Waals surface area contributed by atoms with E-state index in [1.807, 2.05) is 6.07 Å². The number of aliphatic hydroxyl groups is 1. The van der Waals surface area contributed by atoms with Gasteiger partial charge in [0.15, 0.2) is 0 Å². The van der Waals surface area contributed by atoms with Crippen LogP contribution in [0, 0.1) is 0 Å². The smallest absolute Gasteiger partial charge is 0.545 e. The molecule has 0 bridgehead atoms. The normalized spacial score (nSPS) is 11.9. The fraction of sp³-hybridized carbons (Fsp3) is 0.138. The van der Waals surface area contributed by atoms with Crippen LogP contribution in [0.5, 0.6) is 0 Å². The van der Waals surface area contributed by atoms with Gasteiger partial charge in [0.1, 0.15) is 0 Å². The zero-order valence-corrected chi connectivity index (χ0v) is 24.4. The second-order valence-corrected chi connectivity index (χ2v) is 10.9. The molecule has 4 aromatic carbocycles. The first-order valence-corrected chi connectivity index (χ1v) is 13.5. The predicted octanol–water partition coefficient (Wildman–Crippen LogP) is 1.07. The van der Waals surface area contributed by atoms with E-state index in [1.54, 1.807) is 72.8 Å². The van der Waals surface area contributed by atoms with Crippen molar-refractivity contribution < 1.29 is 53.0 Å². The van der Waals surface area contributed by atoms with Crippen LogP contribution in [-0.2, 0) is 16.3 Å². The van der Waals surface area contributed by atoms with Crippen molar-refractivity contribution in [1.82, 2.24) is 5.32 Å². The first-order valence-electron chi connectivity index (χ1n) is 11.6. The van der Waals surface area contributed by atoms with Crippen LogP contribution in [0.25, 0.3) is 11.1 Å². The van der Waals surface area contributed by atoms with Gasteiger partial charge in [-0.05, 0) is 71.6 Å². The van der Waals surface area contributed by atoms with E-state index < -0.39 is 21.9 Å². The van der Waals surface area contributed by atoms with E-state index >= 15 is 0 Å². The Labute approximate surface area is 249 Å². The molecule has 0 fully saturated rings. The molecule has 0 aliphatic carbocycles. The van der Waals surface area contributed by atoms with Crippen molar-refractivity contribution >= 4 is 27.4 Å². The standard InChI is InChI=1S/C29H26ClNO5S.Na/c30-23-7-3-6-22(17-23)28(32)19-31-16-15-20-11-13-24(14-12-20)37(35,36)25-8-4-5-21(18-25)26-9-1-2-10-27(26)29(33)34;/h1-14,17-18,28,31-32H,15-16,19H2,(H,33,34);/q;+1/p-1/t28-;/m0./s1. The SMILES string of the molecule is O=C([O-])c1ccccc1-c1cccc(S(=O)(=O)c2ccc(CCNC[C@H](O)c3cccc(Cl)c3)cc2)c1.[Na+]. The third-order valence-corrected chi connectivity index (χ3v) is 8.00. The predicted molar refractivity (Wildman–Crippen MR) is 141 cm³/mol. The Morgan fingerprint density at radius 1 is 0.895 bits per heavy atom. The quantitative estimate of drug-likeness (QED) is 0.223. The summed E-state index contributed by atoms with van der Waals surface area (Å²) in [6.07, 6.45) is -0.0290. The van der Waals surface area contributed by atoms with E-state index in [-0.39, 0.29) is 44.9 Å². The molecule has 0 aromatic heterocycles. The maximum atomic E-state index is 13.3. The van der Waals surface area contributed by atoms with E-state index in [1.165, 1.54) is 18.2 Å². The second kappa shape index (κ2) is 13.5. The summed E-state index contributed by atoms with van der Waals surface area (Å²) in [5, 5.41) is 25.5. The van der Waals surface area contributed by atoms with Crippen LogP contribution in [0.15, 0.2) is 107 Å². The van der Waals surface area contributed by atoms with E-state index in [2.05, 4.69) is 5.32 Å². The molecule has 4 rings (SSSR count). The van der Waals surface area contributed by atoms with Gasteiger partial charge in [-0.15, -0.1) is 0 Å². The van der Waals surface area contributed by atoms with Gasteiger partial charge < -0.3 is 20.3 Å². The summed E-state index contributed by atoms with van der Waals surface area (Å²) in [6, 6.07) is 26.3. The fourth-order valence-corrected chi connectivity index (χ4v) is 5.52. The number of carboxylic acids is 1. The zero-order valence-electron chi connectivity index (χ0n) is 20.8. The molecule has 4 aromatic rings. The summed E-state index contributed by atoms with van der Waals surface area (Å²) in [5.74, 6) is -1.33. The minimum absolute atomic E-state index is 0. The number of carbonyl (C=O) groups excluding carboxylic acids is 1. The zero-order chi connectivity index (χ0) is 26.4. The van der Waals surface area contributed by atoms with Gasteiger partial charge in [0, 0.05) is 17.1 Å². The van der Waals surface area contributed by atoms with Gasteiger partial charge in [-0.1, -0.05) is 72.3 Å². The molecule has 0 saturated heterocycles.